The molecule has 4 heteroatoms. The van der Waals surface area contributed by atoms with Crippen LogP contribution < -0.4 is 0 Å². The van der Waals surface area contributed by atoms with Crippen LogP contribution in [0.15, 0.2) is 35.2 Å². The van der Waals surface area contributed by atoms with E-state index in [1.54, 1.807) is 11.8 Å². The summed E-state index contributed by atoms with van der Waals surface area (Å²) in [6.45, 7) is 3.59. The highest BCUT2D eigenvalue weighted by Crippen LogP contribution is 2.39. The Morgan fingerprint density at radius 2 is 1.95 bits per heavy atom. The van der Waals surface area contributed by atoms with E-state index in [0.29, 0.717) is 11.2 Å². The molecule has 2 heterocycles. The molecule has 0 N–H and O–H groups in total. The average molecular weight is 305 g/mol. The Morgan fingerprint density at radius 1 is 1.19 bits per heavy atom. The van der Waals surface area contributed by atoms with Crippen LogP contribution in [0.5, 0.6) is 0 Å². The van der Waals surface area contributed by atoms with E-state index in [-0.39, 0.29) is 5.91 Å². The highest BCUT2D eigenvalue weighted by Gasteiger charge is 2.38. The average Bonchev–Trinajstić information content (AvgIpc) is 2.54. The second-order valence-corrected chi connectivity index (χ2v) is 7.18. The smallest absolute Gasteiger partial charge is 0.232 e. The minimum absolute atomic E-state index is 0.286. The zero-order valence-electron chi connectivity index (χ0n) is 12.4. The van der Waals surface area contributed by atoms with Gasteiger partial charge in [-0.1, -0.05) is 18.2 Å². The van der Waals surface area contributed by atoms with Crippen molar-refractivity contribution in [3.63, 3.8) is 0 Å². The quantitative estimate of drug-likeness (QED) is 0.803. The second kappa shape index (κ2) is 6.84. The number of carbonyl (C=O) groups is 1. The Bertz CT molecular complexity index is 465. The number of hydrogen-bond acceptors (Lipinski definition) is 3. The summed E-state index contributed by atoms with van der Waals surface area (Å²) in [7, 11) is 0. The molecule has 0 unspecified atom stereocenters. The predicted octanol–water partition coefficient (Wildman–Crippen LogP) is 3.20. The fourth-order valence-electron chi connectivity index (χ4n) is 3.39. The Morgan fingerprint density at radius 3 is 2.71 bits per heavy atom. The van der Waals surface area contributed by atoms with Gasteiger partial charge in [-0.05, 0) is 43.2 Å². The van der Waals surface area contributed by atoms with E-state index in [0.717, 1.165) is 45.6 Å². The van der Waals surface area contributed by atoms with Crippen molar-refractivity contribution in [2.24, 2.45) is 5.41 Å². The molecule has 0 aliphatic carbocycles. The van der Waals surface area contributed by atoms with Crippen molar-refractivity contribution in [2.75, 3.05) is 32.1 Å². The summed E-state index contributed by atoms with van der Waals surface area (Å²) in [5.41, 5.74) is 0.337. The van der Waals surface area contributed by atoms with Gasteiger partial charge in [0.25, 0.3) is 0 Å². The number of thioether (sulfide) groups is 1. The molecular weight excluding hydrogens is 282 g/mol. The maximum Gasteiger partial charge on any atom is 0.232 e. The first kappa shape index (κ1) is 14.9. The van der Waals surface area contributed by atoms with E-state index in [4.69, 9.17) is 4.74 Å². The second-order valence-electron chi connectivity index (χ2n) is 6.13. The lowest BCUT2D eigenvalue weighted by molar-refractivity contribution is -0.134. The fraction of sp³-hybridized carbons (Fsp3) is 0.588. The van der Waals surface area contributed by atoms with Gasteiger partial charge < -0.3 is 9.64 Å². The normalized spacial score (nSPS) is 21.4. The topological polar surface area (TPSA) is 29.5 Å². The predicted molar refractivity (Wildman–Crippen MR) is 85.5 cm³/mol. The number of hydrogen-bond donors (Lipinski definition) is 0. The lowest BCUT2D eigenvalue weighted by Gasteiger charge is -2.45. The number of benzene rings is 1. The Hall–Kier alpha value is -1.00. The maximum absolute atomic E-state index is 12.5. The molecular formula is C17H23NO2S. The molecule has 1 aromatic carbocycles. The minimum atomic E-state index is 0.286. The van der Waals surface area contributed by atoms with Crippen LogP contribution in [-0.4, -0.2) is 42.9 Å². The van der Waals surface area contributed by atoms with Crippen LogP contribution in [0.1, 0.15) is 25.7 Å². The first-order valence-corrected chi connectivity index (χ1v) is 8.79. The summed E-state index contributed by atoms with van der Waals surface area (Å²) in [5, 5.41) is 0. The van der Waals surface area contributed by atoms with Gasteiger partial charge in [0.1, 0.15) is 0 Å². The highest BCUT2D eigenvalue weighted by atomic mass is 32.2. The largest absolute Gasteiger partial charge is 0.381 e. The zero-order chi connectivity index (χ0) is 14.5. The number of rotatable bonds is 3. The molecule has 0 bridgehead atoms. The van der Waals surface area contributed by atoms with Crippen molar-refractivity contribution in [1.82, 2.24) is 4.90 Å². The van der Waals surface area contributed by atoms with Gasteiger partial charge in [-0.25, -0.2) is 0 Å². The van der Waals surface area contributed by atoms with Gasteiger partial charge in [0.15, 0.2) is 0 Å². The molecule has 2 fully saturated rings. The number of carbonyl (C=O) groups excluding carboxylic acids is 1. The molecule has 3 rings (SSSR count). The third-order valence-corrected chi connectivity index (χ3v) is 5.67. The van der Waals surface area contributed by atoms with Gasteiger partial charge in [-0.3, -0.25) is 4.79 Å². The van der Waals surface area contributed by atoms with E-state index in [1.807, 2.05) is 18.2 Å². The van der Waals surface area contributed by atoms with Crippen molar-refractivity contribution in [2.45, 2.75) is 30.6 Å². The van der Waals surface area contributed by atoms with Crippen molar-refractivity contribution >= 4 is 17.7 Å². The number of amides is 1. The van der Waals surface area contributed by atoms with Crippen molar-refractivity contribution < 1.29 is 9.53 Å². The number of piperidine rings is 1. The standard InChI is InChI=1S/C17H23NO2S/c19-16(13-21-15-5-2-1-3-6-15)18-10-4-7-17(14-18)8-11-20-12-9-17/h1-3,5-6H,4,7-14H2. The zero-order valence-corrected chi connectivity index (χ0v) is 13.2. The van der Waals surface area contributed by atoms with Gasteiger partial charge in [-0.15, -0.1) is 11.8 Å². The van der Waals surface area contributed by atoms with Crippen LogP contribution in [0.25, 0.3) is 0 Å². The highest BCUT2D eigenvalue weighted by molar-refractivity contribution is 8.00. The number of likely N-dealkylation sites (tertiary alicyclic amines) is 1. The van der Waals surface area contributed by atoms with Gasteiger partial charge in [0.05, 0.1) is 5.75 Å². The maximum atomic E-state index is 12.5. The molecule has 1 aromatic rings. The van der Waals surface area contributed by atoms with Crippen LogP contribution >= 0.6 is 11.8 Å². The Kier molecular flexibility index (Phi) is 4.86. The fourth-order valence-corrected chi connectivity index (χ4v) is 4.21. The van der Waals surface area contributed by atoms with Crippen LogP contribution in [-0.2, 0) is 9.53 Å². The van der Waals surface area contributed by atoms with E-state index in [2.05, 4.69) is 17.0 Å². The molecule has 3 nitrogen and oxygen atoms in total. The molecule has 0 aromatic heterocycles. The summed E-state index contributed by atoms with van der Waals surface area (Å²) in [6, 6.07) is 10.2. The number of ether oxygens (including phenoxy) is 1. The monoisotopic (exact) mass is 305 g/mol. The molecule has 2 aliphatic heterocycles. The molecule has 2 saturated heterocycles. The first-order chi connectivity index (χ1) is 10.3. The van der Waals surface area contributed by atoms with Crippen molar-refractivity contribution in [3.05, 3.63) is 30.3 Å². The Labute approximate surface area is 131 Å². The minimum Gasteiger partial charge on any atom is -0.381 e. The van der Waals surface area contributed by atoms with Crippen LogP contribution in [0, 0.1) is 5.41 Å². The van der Waals surface area contributed by atoms with Gasteiger partial charge in [-0.2, -0.15) is 0 Å². The van der Waals surface area contributed by atoms with Gasteiger partial charge in [0, 0.05) is 31.2 Å². The molecule has 21 heavy (non-hydrogen) atoms. The number of nitrogens with zero attached hydrogens (tertiary/aromatic N) is 1. The molecule has 0 radical (unpaired) electrons. The summed E-state index contributed by atoms with van der Waals surface area (Å²) in [6.07, 6.45) is 4.62. The molecule has 0 saturated carbocycles. The lowest BCUT2D eigenvalue weighted by Crippen LogP contribution is -2.48. The summed E-state index contributed by atoms with van der Waals surface area (Å²) >= 11 is 1.64. The van der Waals surface area contributed by atoms with Crippen LogP contribution in [0.3, 0.4) is 0 Å². The third-order valence-electron chi connectivity index (χ3n) is 4.67. The first-order valence-electron chi connectivity index (χ1n) is 7.81. The van der Waals surface area contributed by atoms with E-state index in [1.165, 1.54) is 11.3 Å². The van der Waals surface area contributed by atoms with E-state index < -0.39 is 0 Å². The lowest BCUT2D eigenvalue weighted by atomic mass is 9.74. The van der Waals surface area contributed by atoms with E-state index in [9.17, 15) is 4.79 Å². The van der Waals surface area contributed by atoms with Gasteiger partial charge in [0.2, 0.25) is 5.91 Å². The SMILES string of the molecule is O=C(CSc1ccccc1)N1CCCC2(CCOCC2)C1. The van der Waals surface area contributed by atoms with Crippen molar-refractivity contribution in [1.29, 1.82) is 0 Å². The van der Waals surface area contributed by atoms with Crippen LogP contribution in [0.4, 0.5) is 0 Å². The molecule has 114 valence electrons. The van der Waals surface area contributed by atoms with Gasteiger partial charge >= 0.3 is 0 Å². The molecule has 1 amide bonds. The molecule has 1 spiro atoms. The molecule has 0 atom stereocenters. The summed E-state index contributed by atoms with van der Waals surface area (Å²) in [5.74, 6) is 0.839. The Balaban J connectivity index is 1.54. The van der Waals surface area contributed by atoms with Crippen LogP contribution in [0.2, 0.25) is 0 Å². The summed E-state index contributed by atoms with van der Waals surface area (Å²) in [4.78, 5) is 15.7. The molecule has 2 aliphatic rings. The van der Waals surface area contributed by atoms with Crippen molar-refractivity contribution in [3.8, 4) is 0 Å². The third kappa shape index (κ3) is 3.80. The summed E-state index contributed by atoms with van der Waals surface area (Å²) < 4.78 is 5.49. The van der Waals surface area contributed by atoms with E-state index >= 15 is 0 Å².